The molecule has 1 aliphatic heterocycles. The van der Waals surface area contributed by atoms with Gasteiger partial charge in [-0.3, -0.25) is 24.5 Å². The number of nitro groups is 1. The minimum atomic E-state index is -1.18. The van der Waals surface area contributed by atoms with Crippen molar-refractivity contribution in [2.45, 2.75) is 37.4 Å². The van der Waals surface area contributed by atoms with Crippen molar-refractivity contribution in [1.29, 1.82) is 0 Å². The number of benzene rings is 4. The van der Waals surface area contributed by atoms with E-state index in [2.05, 4.69) is 5.32 Å². The lowest BCUT2D eigenvalue weighted by Crippen LogP contribution is -2.49. The number of Topliss-reactive ketones (excluding diaryl/α,β-unsaturated/α-hetero) is 1. The van der Waals surface area contributed by atoms with E-state index in [1.54, 1.807) is 72.8 Å². The fraction of sp³-hybridized carbons (Fsp3) is 0.250. The highest BCUT2D eigenvalue weighted by Crippen LogP contribution is 2.53. The molecule has 2 fully saturated rings. The van der Waals surface area contributed by atoms with Crippen LogP contribution in [0.1, 0.15) is 51.8 Å². The van der Waals surface area contributed by atoms with E-state index >= 15 is 0 Å². The molecule has 0 spiro atoms. The first-order chi connectivity index (χ1) is 22.3. The lowest BCUT2D eigenvalue weighted by molar-refractivity contribution is -0.384. The van der Waals surface area contributed by atoms with Gasteiger partial charge in [-0.2, -0.15) is 0 Å². The molecule has 46 heavy (non-hydrogen) atoms. The smallest absolute Gasteiger partial charge is 0.269 e. The van der Waals surface area contributed by atoms with Gasteiger partial charge in [0.05, 0.1) is 24.0 Å². The predicted octanol–water partition coefficient (Wildman–Crippen LogP) is 6.00. The van der Waals surface area contributed by atoms with Crippen LogP contribution in [0.2, 0.25) is 0 Å². The maximum atomic E-state index is 14.6. The SMILES string of the molecule is COc1ccc(C2C(C(=O)c3ccccc3)C(c3cccc([N+](=O)[O-])c3)C(C(=O)NCc3ccc(F)cc3)N2C(=O)C2CC2)cc1. The van der Waals surface area contributed by atoms with E-state index in [0.29, 0.717) is 40.8 Å². The number of ketones is 1. The van der Waals surface area contributed by atoms with E-state index < -0.39 is 40.6 Å². The molecule has 1 N–H and O–H groups in total. The molecule has 0 aromatic heterocycles. The Labute approximate surface area is 265 Å². The molecule has 1 heterocycles. The summed E-state index contributed by atoms with van der Waals surface area (Å²) < 4.78 is 18.9. The van der Waals surface area contributed by atoms with Crippen LogP contribution in [0.4, 0.5) is 10.1 Å². The Kier molecular flexibility index (Phi) is 8.61. The molecule has 9 nitrogen and oxygen atoms in total. The molecule has 4 aromatic rings. The fourth-order valence-corrected chi connectivity index (χ4v) is 6.42. The topological polar surface area (TPSA) is 119 Å². The van der Waals surface area contributed by atoms with Crippen LogP contribution < -0.4 is 10.1 Å². The van der Waals surface area contributed by atoms with Gasteiger partial charge in [0.25, 0.3) is 5.69 Å². The Balaban J connectivity index is 1.54. The number of amides is 2. The van der Waals surface area contributed by atoms with E-state index in [4.69, 9.17) is 4.74 Å². The summed E-state index contributed by atoms with van der Waals surface area (Å²) in [5.41, 5.74) is 1.88. The monoisotopic (exact) mass is 621 g/mol. The zero-order chi connectivity index (χ0) is 32.4. The molecular weight excluding hydrogens is 589 g/mol. The number of hydrogen-bond acceptors (Lipinski definition) is 6. The number of carbonyl (C=O) groups excluding carboxylic acids is 3. The number of halogens is 1. The normalized spacial score (nSPS) is 20.6. The summed E-state index contributed by atoms with van der Waals surface area (Å²) in [4.78, 5) is 56.2. The van der Waals surface area contributed by atoms with Gasteiger partial charge in [0.15, 0.2) is 5.78 Å². The molecule has 1 saturated carbocycles. The molecule has 0 bridgehead atoms. The highest BCUT2D eigenvalue weighted by atomic mass is 19.1. The first-order valence-electron chi connectivity index (χ1n) is 15.1. The van der Waals surface area contributed by atoms with Crippen molar-refractivity contribution in [2.75, 3.05) is 7.11 Å². The second-order valence-electron chi connectivity index (χ2n) is 11.7. The molecule has 1 saturated heterocycles. The third-order valence-corrected chi connectivity index (χ3v) is 8.78. The fourth-order valence-electron chi connectivity index (χ4n) is 6.42. The Hall–Kier alpha value is -5.38. The minimum Gasteiger partial charge on any atom is -0.497 e. The quantitative estimate of drug-likeness (QED) is 0.132. The van der Waals surface area contributed by atoms with Crippen molar-refractivity contribution in [3.63, 3.8) is 0 Å². The average Bonchev–Trinajstić information content (AvgIpc) is 3.88. The van der Waals surface area contributed by atoms with Crippen LogP contribution in [0.25, 0.3) is 0 Å². The van der Waals surface area contributed by atoms with Gasteiger partial charge in [-0.15, -0.1) is 0 Å². The molecule has 2 amide bonds. The molecule has 10 heteroatoms. The van der Waals surface area contributed by atoms with Gasteiger partial charge in [0, 0.05) is 36.1 Å². The summed E-state index contributed by atoms with van der Waals surface area (Å²) in [6.07, 6.45) is 1.32. The van der Waals surface area contributed by atoms with Gasteiger partial charge in [0.1, 0.15) is 17.6 Å². The van der Waals surface area contributed by atoms with Crippen LogP contribution in [0, 0.1) is 27.8 Å². The second kappa shape index (κ2) is 12.9. The number of nitrogens with one attached hydrogen (secondary N) is 1. The zero-order valence-electron chi connectivity index (χ0n) is 25.0. The summed E-state index contributed by atoms with van der Waals surface area (Å²) in [7, 11) is 1.54. The molecular formula is C36H32FN3O6. The molecule has 1 aliphatic carbocycles. The van der Waals surface area contributed by atoms with Crippen molar-refractivity contribution < 1.29 is 28.4 Å². The van der Waals surface area contributed by atoms with Gasteiger partial charge < -0.3 is 15.0 Å². The third-order valence-electron chi connectivity index (χ3n) is 8.78. The first-order valence-corrected chi connectivity index (χ1v) is 15.1. The number of likely N-dealkylation sites (tertiary alicyclic amines) is 1. The molecule has 0 radical (unpaired) electrons. The van der Waals surface area contributed by atoms with Gasteiger partial charge >= 0.3 is 0 Å². The second-order valence-corrected chi connectivity index (χ2v) is 11.7. The highest BCUT2D eigenvalue weighted by Gasteiger charge is 2.58. The summed E-state index contributed by atoms with van der Waals surface area (Å²) >= 11 is 0. The number of ether oxygens (including phenoxy) is 1. The van der Waals surface area contributed by atoms with Crippen LogP contribution in [-0.2, 0) is 16.1 Å². The zero-order valence-corrected chi connectivity index (χ0v) is 25.0. The molecule has 2 aliphatic rings. The number of carbonyl (C=O) groups is 3. The average molecular weight is 622 g/mol. The van der Waals surface area contributed by atoms with Crippen molar-refractivity contribution in [3.8, 4) is 5.75 Å². The van der Waals surface area contributed by atoms with Crippen molar-refractivity contribution >= 4 is 23.3 Å². The van der Waals surface area contributed by atoms with Crippen molar-refractivity contribution in [2.24, 2.45) is 11.8 Å². The van der Waals surface area contributed by atoms with Crippen molar-refractivity contribution in [3.05, 3.63) is 141 Å². The molecule has 4 aromatic carbocycles. The van der Waals surface area contributed by atoms with E-state index in [1.807, 2.05) is 0 Å². The molecule has 4 atom stereocenters. The lowest BCUT2D eigenvalue weighted by Gasteiger charge is -2.32. The number of nitro benzene ring substituents is 1. The van der Waals surface area contributed by atoms with Crippen LogP contribution in [0.3, 0.4) is 0 Å². The van der Waals surface area contributed by atoms with E-state index in [0.717, 1.165) is 0 Å². The number of non-ortho nitro benzene ring substituents is 1. The maximum Gasteiger partial charge on any atom is 0.269 e. The van der Waals surface area contributed by atoms with E-state index in [1.165, 1.54) is 42.3 Å². The van der Waals surface area contributed by atoms with Gasteiger partial charge in [-0.25, -0.2) is 4.39 Å². The Morgan fingerprint density at radius 1 is 0.913 bits per heavy atom. The molecule has 234 valence electrons. The predicted molar refractivity (Wildman–Crippen MR) is 167 cm³/mol. The number of nitrogens with zero attached hydrogens (tertiary/aromatic N) is 2. The number of hydrogen-bond donors (Lipinski definition) is 1. The van der Waals surface area contributed by atoms with Crippen LogP contribution in [0.15, 0.2) is 103 Å². The standard InChI is InChI=1S/C36H32FN3O6/c1-46-29-18-14-23(15-19-29)32-31(34(41)24-6-3-2-4-7-24)30(26-8-5-9-28(20-26)40(44)45)33(39(32)36(43)25-12-13-25)35(42)38-21-22-10-16-27(37)17-11-22/h2-11,14-20,25,30-33H,12-13,21H2,1H3,(H,38,42). The molecule has 4 unspecified atom stereocenters. The number of rotatable bonds is 10. The lowest BCUT2D eigenvalue weighted by atomic mass is 9.76. The highest BCUT2D eigenvalue weighted by molar-refractivity contribution is 6.02. The first kappa shape index (κ1) is 30.6. The van der Waals surface area contributed by atoms with Gasteiger partial charge in [-0.1, -0.05) is 66.7 Å². The third kappa shape index (κ3) is 6.10. The van der Waals surface area contributed by atoms with Gasteiger partial charge in [0.2, 0.25) is 11.8 Å². The van der Waals surface area contributed by atoms with Crippen LogP contribution in [-0.4, -0.2) is 40.6 Å². The molecule has 6 rings (SSSR count). The Morgan fingerprint density at radius 3 is 2.24 bits per heavy atom. The van der Waals surface area contributed by atoms with E-state index in [9.17, 15) is 28.9 Å². The summed E-state index contributed by atoms with van der Waals surface area (Å²) in [5, 5.41) is 14.8. The van der Waals surface area contributed by atoms with Crippen molar-refractivity contribution in [1.82, 2.24) is 10.2 Å². The van der Waals surface area contributed by atoms with Crippen LogP contribution in [0.5, 0.6) is 5.75 Å². The van der Waals surface area contributed by atoms with Gasteiger partial charge in [-0.05, 0) is 53.8 Å². The Morgan fingerprint density at radius 2 is 1.61 bits per heavy atom. The summed E-state index contributed by atoms with van der Waals surface area (Å²) in [6.45, 7) is 0.0488. The largest absolute Gasteiger partial charge is 0.497 e. The summed E-state index contributed by atoms with van der Waals surface area (Å²) in [5.74, 6) is -3.10. The minimum absolute atomic E-state index is 0.0488. The van der Waals surface area contributed by atoms with Crippen LogP contribution >= 0.6 is 0 Å². The summed E-state index contributed by atoms with van der Waals surface area (Å²) in [6, 6.07) is 25.3. The number of methoxy groups -OCH3 is 1. The Bertz CT molecular complexity index is 1760. The maximum absolute atomic E-state index is 14.6. The van der Waals surface area contributed by atoms with E-state index in [-0.39, 0.29) is 29.8 Å².